The first-order chi connectivity index (χ1) is 5.74. The van der Waals surface area contributed by atoms with Crippen LogP contribution in [0.2, 0.25) is 0 Å². The molecule has 0 spiro atoms. The van der Waals surface area contributed by atoms with Crippen molar-refractivity contribution in [3.63, 3.8) is 0 Å². The van der Waals surface area contributed by atoms with Gasteiger partial charge in [0.1, 0.15) is 0 Å². The number of hydrogen-bond donors (Lipinski definition) is 0. The van der Waals surface area contributed by atoms with Gasteiger partial charge in [-0.1, -0.05) is 6.08 Å². The molecule has 12 heavy (non-hydrogen) atoms. The van der Waals surface area contributed by atoms with Crippen LogP contribution in [-0.4, -0.2) is 24.6 Å². The summed E-state index contributed by atoms with van der Waals surface area (Å²) in [5.41, 5.74) is 0. The number of cyclic esters (lactones) is 1. The summed E-state index contributed by atoms with van der Waals surface area (Å²) in [5.74, 6) is -0.950. The van der Waals surface area contributed by atoms with Crippen LogP contribution < -0.4 is 0 Å². The van der Waals surface area contributed by atoms with Crippen LogP contribution in [0.15, 0.2) is 12.2 Å². The Kier molecular flexibility index (Phi) is 2.85. The van der Waals surface area contributed by atoms with Crippen molar-refractivity contribution >= 4 is 11.9 Å². The zero-order chi connectivity index (χ0) is 8.97. The van der Waals surface area contributed by atoms with E-state index in [1.807, 2.05) is 0 Å². The Morgan fingerprint density at radius 1 is 1.75 bits per heavy atom. The molecule has 1 atom stereocenters. The van der Waals surface area contributed by atoms with Crippen molar-refractivity contribution in [1.82, 2.24) is 0 Å². The molecule has 1 heterocycles. The number of esters is 2. The highest BCUT2D eigenvalue weighted by Crippen LogP contribution is 2.10. The summed E-state index contributed by atoms with van der Waals surface area (Å²) in [6.07, 6.45) is 2.59. The van der Waals surface area contributed by atoms with Gasteiger partial charge in [-0.3, -0.25) is 0 Å². The number of carbonyl (C=O) groups is 2. The van der Waals surface area contributed by atoms with E-state index in [0.717, 1.165) is 0 Å². The lowest BCUT2D eigenvalue weighted by molar-refractivity contribution is -0.156. The zero-order valence-corrected chi connectivity index (χ0v) is 6.78. The minimum absolute atomic E-state index is 0.340. The number of allylic oxidation sites excluding steroid dienone is 1. The van der Waals surface area contributed by atoms with Crippen molar-refractivity contribution < 1.29 is 19.1 Å². The topological polar surface area (TPSA) is 52.6 Å². The van der Waals surface area contributed by atoms with Gasteiger partial charge in [-0.2, -0.15) is 0 Å². The molecule has 4 nitrogen and oxygen atoms in total. The molecule has 1 fully saturated rings. The Morgan fingerprint density at radius 2 is 2.50 bits per heavy atom. The standard InChI is InChI=1S/C8H10O4/c1-2-3-7(9)12-6-4-5-11-8(6)10/h2-3,6H,4-5H2,1H3. The fourth-order valence-corrected chi connectivity index (χ4v) is 0.900. The molecule has 0 aliphatic carbocycles. The Hall–Kier alpha value is -1.32. The zero-order valence-electron chi connectivity index (χ0n) is 6.78. The third kappa shape index (κ3) is 2.08. The van der Waals surface area contributed by atoms with Crippen LogP contribution in [0.3, 0.4) is 0 Å². The molecule has 1 aliphatic heterocycles. The van der Waals surface area contributed by atoms with Crippen molar-refractivity contribution in [1.29, 1.82) is 0 Å². The van der Waals surface area contributed by atoms with Gasteiger partial charge in [-0.25, -0.2) is 9.59 Å². The normalized spacial score (nSPS) is 22.8. The average Bonchev–Trinajstić information content (AvgIpc) is 2.37. The van der Waals surface area contributed by atoms with Crippen LogP contribution in [0.25, 0.3) is 0 Å². The van der Waals surface area contributed by atoms with Crippen LogP contribution in [0, 0.1) is 0 Å². The van der Waals surface area contributed by atoms with Crippen molar-refractivity contribution in [3.8, 4) is 0 Å². The van der Waals surface area contributed by atoms with Gasteiger partial charge in [0, 0.05) is 12.5 Å². The lowest BCUT2D eigenvalue weighted by Gasteiger charge is -2.04. The first-order valence-corrected chi connectivity index (χ1v) is 3.74. The fraction of sp³-hybridized carbons (Fsp3) is 0.500. The SMILES string of the molecule is CC=CC(=O)OC1CCOC1=O. The summed E-state index contributed by atoms with van der Waals surface area (Å²) >= 11 is 0. The summed E-state index contributed by atoms with van der Waals surface area (Å²) in [6, 6.07) is 0. The summed E-state index contributed by atoms with van der Waals surface area (Å²) in [6.45, 7) is 2.04. The molecular weight excluding hydrogens is 160 g/mol. The molecule has 1 unspecified atom stereocenters. The minimum atomic E-state index is -0.700. The third-order valence-corrected chi connectivity index (χ3v) is 1.45. The second kappa shape index (κ2) is 3.90. The van der Waals surface area contributed by atoms with Crippen molar-refractivity contribution in [2.75, 3.05) is 6.61 Å². The second-order valence-corrected chi connectivity index (χ2v) is 2.38. The van der Waals surface area contributed by atoms with Crippen LogP contribution in [0.4, 0.5) is 0 Å². The van der Waals surface area contributed by atoms with Gasteiger partial charge in [-0.05, 0) is 6.92 Å². The van der Waals surface area contributed by atoms with Crippen LogP contribution in [0.1, 0.15) is 13.3 Å². The van der Waals surface area contributed by atoms with E-state index >= 15 is 0 Å². The highest BCUT2D eigenvalue weighted by Gasteiger charge is 2.29. The molecule has 0 N–H and O–H groups in total. The van der Waals surface area contributed by atoms with Crippen LogP contribution in [-0.2, 0) is 19.1 Å². The van der Waals surface area contributed by atoms with E-state index in [-0.39, 0.29) is 0 Å². The summed E-state index contributed by atoms with van der Waals surface area (Å²) in [4.78, 5) is 21.6. The number of carbonyl (C=O) groups excluding carboxylic acids is 2. The van der Waals surface area contributed by atoms with E-state index in [9.17, 15) is 9.59 Å². The van der Waals surface area contributed by atoms with Crippen molar-refractivity contribution in [3.05, 3.63) is 12.2 Å². The second-order valence-electron chi connectivity index (χ2n) is 2.38. The molecule has 66 valence electrons. The van der Waals surface area contributed by atoms with Crippen molar-refractivity contribution in [2.24, 2.45) is 0 Å². The van der Waals surface area contributed by atoms with Crippen LogP contribution >= 0.6 is 0 Å². The van der Waals surface area contributed by atoms with E-state index in [4.69, 9.17) is 4.74 Å². The van der Waals surface area contributed by atoms with Gasteiger partial charge >= 0.3 is 11.9 Å². The molecule has 0 aromatic carbocycles. The monoisotopic (exact) mass is 170 g/mol. The van der Waals surface area contributed by atoms with E-state index in [2.05, 4.69) is 4.74 Å². The highest BCUT2D eigenvalue weighted by molar-refractivity contribution is 5.86. The Labute approximate surface area is 70.1 Å². The van der Waals surface area contributed by atoms with Gasteiger partial charge in [0.15, 0.2) is 0 Å². The predicted octanol–water partition coefficient (Wildman–Crippen LogP) is 0.421. The van der Waals surface area contributed by atoms with E-state index in [1.165, 1.54) is 6.08 Å². The lowest BCUT2D eigenvalue weighted by atomic mass is 10.3. The number of ether oxygens (including phenoxy) is 2. The van der Waals surface area contributed by atoms with Gasteiger partial charge in [0.25, 0.3) is 0 Å². The first-order valence-electron chi connectivity index (χ1n) is 3.74. The maximum atomic E-state index is 10.8. The first kappa shape index (κ1) is 8.77. The number of hydrogen-bond acceptors (Lipinski definition) is 4. The van der Waals surface area contributed by atoms with E-state index in [0.29, 0.717) is 13.0 Å². The molecule has 0 amide bonds. The minimum Gasteiger partial charge on any atom is -0.463 e. The van der Waals surface area contributed by atoms with Gasteiger partial charge in [-0.15, -0.1) is 0 Å². The van der Waals surface area contributed by atoms with Gasteiger partial charge in [0.2, 0.25) is 6.10 Å². The smallest absolute Gasteiger partial charge is 0.347 e. The molecule has 1 aliphatic rings. The summed E-state index contributed by atoms with van der Waals surface area (Å²) in [5, 5.41) is 0. The molecule has 0 saturated carbocycles. The fourth-order valence-electron chi connectivity index (χ4n) is 0.900. The average molecular weight is 170 g/mol. The highest BCUT2D eigenvalue weighted by atomic mass is 16.6. The van der Waals surface area contributed by atoms with E-state index in [1.54, 1.807) is 13.0 Å². The van der Waals surface area contributed by atoms with Gasteiger partial charge < -0.3 is 9.47 Å². The molecule has 0 radical (unpaired) electrons. The molecule has 0 aromatic rings. The third-order valence-electron chi connectivity index (χ3n) is 1.45. The molecule has 1 rings (SSSR count). The van der Waals surface area contributed by atoms with Gasteiger partial charge in [0.05, 0.1) is 6.61 Å². The maximum Gasteiger partial charge on any atom is 0.347 e. The summed E-state index contributed by atoms with van der Waals surface area (Å²) in [7, 11) is 0. The maximum absolute atomic E-state index is 10.8. The Morgan fingerprint density at radius 3 is 3.00 bits per heavy atom. The molecule has 4 heteroatoms. The largest absolute Gasteiger partial charge is 0.463 e. The van der Waals surface area contributed by atoms with Crippen LogP contribution in [0.5, 0.6) is 0 Å². The van der Waals surface area contributed by atoms with E-state index < -0.39 is 18.0 Å². The number of rotatable bonds is 2. The Balaban J connectivity index is 2.40. The molecule has 0 aromatic heterocycles. The molecular formula is C8H10O4. The summed E-state index contributed by atoms with van der Waals surface area (Å²) < 4.78 is 9.37. The Bertz CT molecular complexity index is 219. The molecule has 1 saturated heterocycles. The lowest BCUT2D eigenvalue weighted by Crippen LogP contribution is -2.21. The molecule has 0 bridgehead atoms. The quantitative estimate of drug-likeness (QED) is 0.445. The predicted molar refractivity (Wildman–Crippen MR) is 40.3 cm³/mol. The van der Waals surface area contributed by atoms with Crippen molar-refractivity contribution in [2.45, 2.75) is 19.4 Å².